The Kier molecular flexibility index (Phi) is 3.36. The Bertz CT molecular complexity index is 298. The highest BCUT2D eigenvalue weighted by Gasteiger charge is 2.32. The van der Waals surface area contributed by atoms with Gasteiger partial charge in [0.2, 0.25) is 0 Å². The smallest absolute Gasteiger partial charge is 0.108 e. The average Bonchev–Trinajstić information content (AvgIpc) is 2.13. The van der Waals surface area contributed by atoms with Gasteiger partial charge in [0.1, 0.15) is 17.5 Å². The minimum Gasteiger partial charge on any atom is -0.318 e. The van der Waals surface area contributed by atoms with Crippen LogP contribution in [0.1, 0.15) is 27.7 Å². The second kappa shape index (κ2) is 4.24. The topological polar surface area (TPSA) is 9.72 Å². The van der Waals surface area contributed by atoms with Gasteiger partial charge in [0.05, 0.1) is 0 Å². The third-order valence-corrected chi connectivity index (χ3v) is 2.92. The van der Waals surface area contributed by atoms with Crippen molar-refractivity contribution in [1.82, 2.24) is 14.7 Å². The molecular formula is C13H23N3. The monoisotopic (exact) mass is 221 g/mol. The predicted octanol–water partition coefficient (Wildman–Crippen LogP) is 2.77. The Morgan fingerprint density at radius 2 is 1.06 bits per heavy atom. The molecule has 0 N–H and O–H groups in total. The molecule has 0 unspecified atom stereocenters. The van der Waals surface area contributed by atoms with E-state index in [2.05, 4.69) is 57.2 Å². The molecule has 0 spiro atoms. The zero-order valence-corrected chi connectivity index (χ0v) is 11.1. The first-order chi connectivity index (χ1) is 7.29. The van der Waals surface area contributed by atoms with E-state index in [0.717, 1.165) is 17.5 Å². The fraction of sp³-hybridized carbons (Fsp3) is 0.538. The second-order valence-corrected chi connectivity index (χ2v) is 4.74. The molecule has 0 amide bonds. The van der Waals surface area contributed by atoms with E-state index in [-0.39, 0.29) is 0 Å². The van der Waals surface area contributed by atoms with Gasteiger partial charge in [0, 0.05) is 19.1 Å². The van der Waals surface area contributed by atoms with Crippen LogP contribution in [0.25, 0.3) is 0 Å². The quantitative estimate of drug-likeness (QED) is 0.710. The number of hydrogen-bond acceptors (Lipinski definition) is 3. The van der Waals surface area contributed by atoms with Crippen LogP contribution in [0.15, 0.2) is 37.2 Å². The van der Waals surface area contributed by atoms with Crippen LogP contribution in [-0.4, -0.2) is 33.8 Å². The van der Waals surface area contributed by atoms with Crippen molar-refractivity contribution in [2.24, 2.45) is 0 Å². The molecular weight excluding hydrogens is 198 g/mol. The normalized spacial score (nSPS) is 18.2. The second-order valence-electron chi connectivity index (χ2n) is 4.74. The summed E-state index contributed by atoms with van der Waals surface area (Å²) in [5.41, 5.74) is 0. The molecule has 1 aliphatic heterocycles. The molecule has 1 rings (SSSR count). The van der Waals surface area contributed by atoms with Gasteiger partial charge >= 0.3 is 0 Å². The third kappa shape index (κ3) is 1.82. The van der Waals surface area contributed by atoms with Crippen LogP contribution < -0.4 is 0 Å². The minimum atomic E-state index is 0.344. The molecule has 1 saturated heterocycles. The van der Waals surface area contributed by atoms with E-state index in [1.165, 1.54) is 0 Å². The molecule has 0 bridgehead atoms. The lowest BCUT2D eigenvalue weighted by Gasteiger charge is -2.50. The Morgan fingerprint density at radius 3 is 1.31 bits per heavy atom. The molecule has 1 fully saturated rings. The first kappa shape index (κ1) is 12.7. The van der Waals surface area contributed by atoms with E-state index in [9.17, 15) is 0 Å². The Labute approximate surface area is 99.3 Å². The molecule has 0 aromatic heterocycles. The molecule has 3 nitrogen and oxygen atoms in total. The predicted molar refractivity (Wildman–Crippen MR) is 69.1 cm³/mol. The summed E-state index contributed by atoms with van der Waals surface area (Å²) in [5, 5.41) is 0. The number of hydrogen-bond donors (Lipinski definition) is 0. The van der Waals surface area contributed by atoms with Crippen LogP contribution in [0.3, 0.4) is 0 Å². The van der Waals surface area contributed by atoms with Crippen molar-refractivity contribution in [1.29, 1.82) is 0 Å². The van der Waals surface area contributed by atoms with E-state index >= 15 is 0 Å². The van der Waals surface area contributed by atoms with Crippen LogP contribution in [0.5, 0.6) is 0 Å². The highest BCUT2D eigenvalue weighted by atomic mass is 15.5. The SMILES string of the molecule is C=C1N(C)C(=C)N(C(C)C)C(=C)N1C(C)C. The van der Waals surface area contributed by atoms with E-state index in [1.54, 1.807) is 0 Å². The highest BCUT2D eigenvalue weighted by Crippen LogP contribution is 2.32. The first-order valence-corrected chi connectivity index (χ1v) is 5.68. The van der Waals surface area contributed by atoms with Gasteiger partial charge in [-0.15, -0.1) is 0 Å². The third-order valence-electron chi connectivity index (χ3n) is 2.92. The fourth-order valence-electron chi connectivity index (χ4n) is 2.08. The lowest BCUT2D eigenvalue weighted by Crippen LogP contribution is -2.51. The van der Waals surface area contributed by atoms with Crippen LogP contribution >= 0.6 is 0 Å². The summed E-state index contributed by atoms with van der Waals surface area (Å²) in [6.07, 6.45) is 0. The van der Waals surface area contributed by atoms with Crippen molar-refractivity contribution in [3.05, 3.63) is 37.2 Å². The van der Waals surface area contributed by atoms with Crippen molar-refractivity contribution >= 4 is 0 Å². The van der Waals surface area contributed by atoms with Crippen LogP contribution in [0, 0.1) is 0 Å². The summed E-state index contributed by atoms with van der Waals surface area (Å²) in [5.74, 6) is 2.82. The molecule has 0 saturated carbocycles. The van der Waals surface area contributed by atoms with Gasteiger partial charge in [-0.05, 0) is 27.7 Å². The van der Waals surface area contributed by atoms with Crippen molar-refractivity contribution in [3.63, 3.8) is 0 Å². The van der Waals surface area contributed by atoms with Crippen LogP contribution in [-0.2, 0) is 0 Å². The van der Waals surface area contributed by atoms with Gasteiger partial charge in [-0.1, -0.05) is 19.7 Å². The van der Waals surface area contributed by atoms with Gasteiger partial charge in [-0.25, -0.2) is 0 Å². The summed E-state index contributed by atoms with van der Waals surface area (Å²) in [6, 6.07) is 0.689. The molecule has 1 heterocycles. The van der Waals surface area contributed by atoms with Crippen LogP contribution in [0.2, 0.25) is 0 Å². The largest absolute Gasteiger partial charge is 0.318 e. The zero-order chi connectivity index (χ0) is 12.6. The van der Waals surface area contributed by atoms with Gasteiger partial charge in [-0.3, -0.25) is 0 Å². The zero-order valence-electron chi connectivity index (χ0n) is 11.1. The number of rotatable bonds is 2. The summed E-state index contributed by atoms with van der Waals surface area (Å²) < 4.78 is 0. The Hall–Kier alpha value is -1.38. The summed E-state index contributed by atoms with van der Waals surface area (Å²) in [4.78, 5) is 6.28. The van der Waals surface area contributed by atoms with Gasteiger partial charge < -0.3 is 14.7 Å². The van der Waals surface area contributed by atoms with E-state index in [0.29, 0.717) is 12.1 Å². The summed E-state index contributed by atoms with van der Waals surface area (Å²) in [7, 11) is 1.99. The lowest BCUT2D eigenvalue weighted by molar-refractivity contribution is 0.108. The Balaban J connectivity index is 3.13. The number of nitrogens with zero attached hydrogens (tertiary/aromatic N) is 3. The van der Waals surface area contributed by atoms with Crippen LogP contribution in [0.4, 0.5) is 0 Å². The summed E-state index contributed by atoms with van der Waals surface area (Å²) in [6.45, 7) is 20.9. The highest BCUT2D eigenvalue weighted by molar-refractivity contribution is 5.22. The fourth-order valence-corrected chi connectivity index (χ4v) is 2.08. The molecule has 0 aliphatic carbocycles. The van der Waals surface area contributed by atoms with Gasteiger partial charge in [-0.2, -0.15) is 0 Å². The molecule has 0 aromatic carbocycles. The van der Waals surface area contributed by atoms with Gasteiger partial charge in [0.25, 0.3) is 0 Å². The molecule has 0 radical (unpaired) electrons. The minimum absolute atomic E-state index is 0.344. The molecule has 90 valence electrons. The molecule has 0 atom stereocenters. The van der Waals surface area contributed by atoms with E-state index in [4.69, 9.17) is 0 Å². The first-order valence-electron chi connectivity index (χ1n) is 5.68. The standard InChI is InChI=1S/C13H23N3/c1-9(2)15-11(5)14(8)12(6)16(10(3)4)13(15)7/h9-10H,5-7H2,1-4,8H3. The van der Waals surface area contributed by atoms with Gasteiger partial charge in [0.15, 0.2) is 0 Å². The van der Waals surface area contributed by atoms with Crippen molar-refractivity contribution in [2.75, 3.05) is 7.05 Å². The molecule has 1 aliphatic rings. The van der Waals surface area contributed by atoms with E-state index in [1.807, 2.05) is 11.9 Å². The lowest BCUT2D eigenvalue weighted by atomic mass is 10.2. The molecule has 3 heteroatoms. The Morgan fingerprint density at radius 1 is 0.750 bits per heavy atom. The maximum Gasteiger partial charge on any atom is 0.108 e. The molecule has 0 aromatic rings. The maximum atomic E-state index is 4.16. The van der Waals surface area contributed by atoms with E-state index < -0.39 is 0 Å². The summed E-state index contributed by atoms with van der Waals surface area (Å²) >= 11 is 0. The van der Waals surface area contributed by atoms with Crippen molar-refractivity contribution < 1.29 is 0 Å². The maximum absolute atomic E-state index is 4.16. The van der Waals surface area contributed by atoms with Crippen molar-refractivity contribution in [2.45, 2.75) is 39.8 Å². The molecule has 16 heavy (non-hydrogen) atoms. The van der Waals surface area contributed by atoms with Crippen molar-refractivity contribution in [3.8, 4) is 0 Å². The average molecular weight is 221 g/mol.